The number of allylic oxidation sites excluding steroid dienone is 2. The summed E-state index contributed by atoms with van der Waals surface area (Å²) in [5.74, 6) is 0.0271. The minimum atomic E-state index is -0.170. The van der Waals surface area contributed by atoms with Crippen LogP contribution in [0.3, 0.4) is 0 Å². The molecule has 1 fully saturated rings. The van der Waals surface area contributed by atoms with Gasteiger partial charge in [0, 0.05) is 6.54 Å². The van der Waals surface area contributed by atoms with E-state index >= 15 is 0 Å². The van der Waals surface area contributed by atoms with E-state index in [1.165, 1.54) is 12.8 Å². The molecule has 0 N–H and O–H groups in total. The number of esters is 1. The van der Waals surface area contributed by atoms with Crippen molar-refractivity contribution in [3.63, 3.8) is 0 Å². The molecule has 1 aromatic carbocycles. The topological polar surface area (TPSA) is 29.5 Å². The largest absolute Gasteiger partial charge is 0.461 e. The standard InChI is InChI=1S/C20H27NO2/c1-16(15-21-13-7-8-14-21)23-20(22)19(18-11-5-6-12-18)17-9-3-2-4-10-17/h2-5,9-11,16,18-19H,6-8,12-15H2,1H3. The van der Waals surface area contributed by atoms with Crippen molar-refractivity contribution in [3.8, 4) is 0 Å². The van der Waals surface area contributed by atoms with Gasteiger partial charge in [-0.1, -0.05) is 42.5 Å². The molecule has 23 heavy (non-hydrogen) atoms. The molecule has 0 amide bonds. The van der Waals surface area contributed by atoms with Crippen LogP contribution in [0.4, 0.5) is 0 Å². The Kier molecular flexibility index (Phi) is 5.50. The van der Waals surface area contributed by atoms with E-state index < -0.39 is 0 Å². The Morgan fingerprint density at radius 2 is 2.00 bits per heavy atom. The molecule has 0 spiro atoms. The lowest BCUT2D eigenvalue weighted by atomic mass is 9.85. The Morgan fingerprint density at radius 1 is 1.26 bits per heavy atom. The summed E-state index contributed by atoms with van der Waals surface area (Å²) < 4.78 is 5.83. The minimum absolute atomic E-state index is 0.0443. The molecular weight excluding hydrogens is 286 g/mol. The van der Waals surface area contributed by atoms with E-state index in [-0.39, 0.29) is 23.9 Å². The average Bonchev–Trinajstić information content (AvgIpc) is 3.22. The number of hydrogen-bond acceptors (Lipinski definition) is 3. The maximum atomic E-state index is 12.8. The van der Waals surface area contributed by atoms with Gasteiger partial charge in [0.25, 0.3) is 0 Å². The van der Waals surface area contributed by atoms with Crippen LogP contribution in [0.25, 0.3) is 0 Å². The molecule has 1 heterocycles. The highest BCUT2D eigenvalue weighted by Crippen LogP contribution is 2.34. The lowest BCUT2D eigenvalue weighted by molar-refractivity contribution is -0.151. The fourth-order valence-electron chi connectivity index (χ4n) is 3.79. The highest BCUT2D eigenvalue weighted by Gasteiger charge is 2.32. The van der Waals surface area contributed by atoms with Crippen LogP contribution in [0.1, 0.15) is 44.1 Å². The van der Waals surface area contributed by atoms with Crippen molar-refractivity contribution in [1.82, 2.24) is 4.90 Å². The molecule has 2 aliphatic rings. The zero-order valence-corrected chi connectivity index (χ0v) is 14.0. The number of carbonyl (C=O) groups is 1. The molecule has 3 unspecified atom stereocenters. The average molecular weight is 313 g/mol. The first-order chi connectivity index (χ1) is 11.2. The molecule has 0 saturated carbocycles. The van der Waals surface area contributed by atoms with Crippen LogP contribution in [0.15, 0.2) is 42.5 Å². The third-order valence-corrected chi connectivity index (χ3v) is 4.92. The third-order valence-electron chi connectivity index (χ3n) is 4.92. The maximum absolute atomic E-state index is 12.8. The molecule has 1 aliphatic carbocycles. The van der Waals surface area contributed by atoms with Crippen molar-refractivity contribution in [1.29, 1.82) is 0 Å². The summed E-state index contributed by atoms with van der Waals surface area (Å²) in [7, 11) is 0. The molecular formula is C20H27NO2. The van der Waals surface area contributed by atoms with E-state index in [1.807, 2.05) is 37.3 Å². The van der Waals surface area contributed by atoms with E-state index in [4.69, 9.17) is 4.74 Å². The molecule has 3 atom stereocenters. The Balaban J connectivity index is 1.66. The summed E-state index contributed by atoms with van der Waals surface area (Å²) in [6, 6.07) is 10.1. The fraction of sp³-hybridized carbons (Fsp3) is 0.550. The molecule has 3 nitrogen and oxygen atoms in total. The summed E-state index contributed by atoms with van der Waals surface area (Å²) in [6.07, 6.45) is 8.95. The molecule has 1 aliphatic heterocycles. The van der Waals surface area contributed by atoms with Crippen LogP contribution < -0.4 is 0 Å². The number of likely N-dealkylation sites (tertiary alicyclic amines) is 1. The number of ether oxygens (including phenoxy) is 1. The van der Waals surface area contributed by atoms with Gasteiger partial charge in [-0.25, -0.2) is 0 Å². The van der Waals surface area contributed by atoms with Gasteiger partial charge in [0.05, 0.1) is 5.92 Å². The van der Waals surface area contributed by atoms with Gasteiger partial charge in [-0.05, 0) is 57.2 Å². The molecule has 0 bridgehead atoms. The number of nitrogens with zero attached hydrogens (tertiary/aromatic N) is 1. The molecule has 0 aromatic heterocycles. The second-order valence-electron chi connectivity index (χ2n) is 6.81. The van der Waals surface area contributed by atoms with Crippen LogP contribution in [-0.4, -0.2) is 36.6 Å². The van der Waals surface area contributed by atoms with Crippen molar-refractivity contribution in [2.24, 2.45) is 5.92 Å². The fourth-order valence-corrected chi connectivity index (χ4v) is 3.79. The number of benzene rings is 1. The summed E-state index contributed by atoms with van der Waals surface area (Å²) in [5, 5.41) is 0. The van der Waals surface area contributed by atoms with Crippen molar-refractivity contribution < 1.29 is 9.53 Å². The van der Waals surface area contributed by atoms with Crippen molar-refractivity contribution in [3.05, 3.63) is 48.0 Å². The predicted molar refractivity (Wildman–Crippen MR) is 92.3 cm³/mol. The lowest BCUT2D eigenvalue weighted by Crippen LogP contribution is -2.33. The first kappa shape index (κ1) is 16.3. The first-order valence-electron chi connectivity index (χ1n) is 8.88. The van der Waals surface area contributed by atoms with Gasteiger partial charge in [0.2, 0.25) is 0 Å². The van der Waals surface area contributed by atoms with Gasteiger partial charge in [0.15, 0.2) is 0 Å². The minimum Gasteiger partial charge on any atom is -0.461 e. The van der Waals surface area contributed by atoms with Crippen LogP contribution in [0, 0.1) is 5.92 Å². The zero-order chi connectivity index (χ0) is 16.1. The molecule has 124 valence electrons. The Labute approximate surface area is 139 Å². The maximum Gasteiger partial charge on any atom is 0.314 e. The summed E-state index contributed by atoms with van der Waals surface area (Å²) in [6.45, 7) is 5.14. The number of carbonyl (C=O) groups excluding carboxylic acids is 1. The Bertz CT molecular complexity index is 534. The van der Waals surface area contributed by atoms with Crippen molar-refractivity contribution in [2.75, 3.05) is 19.6 Å². The monoisotopic (exact) mass is 313 g/mol. The molecule has 1 saturated heterocycles. The third kappa shape index (κ3) is 4.23. The van der Waals surface area contributed by atoms with E-state index in [2.05, 4.69) is 17.1 Å². The highest BCUT2D eigenvalue weighted by molar-refractivity contribution is 5.79. The molecule has 0 radical (unpaired) electrons. The quantitative estimate of drug-likeness (QED) is 0.591. The molecule has 3 rings (SSSR count). The smallest absolute Gasteiger partial charge is 0.314 e. The highest BCUT2D eigenvalue weighted by atomic mass is 16.5. The second-order valence-corrected chi connectivity index (χ2v) is 6.81. The first-order valence-corrected chi connectivity index (χ1v) is 8.88. The summed E-state index contributed by atoms with van der Waals surface area (Å²) in [4.78, 5) is 15.2. The zero-order valence-electron chi connectivity index (χ0n) is 14.0. The molecule has 1 aromatic rings. The Morgan fingerprint density at radius 3 is 2.65 bits per heavy atom. The van der Waals surface area contributed by atoms with Crippen molar-refractivity contribution in [2.45, 2.75) is 44.6 Å². The predicted octanol–water partition coefficient (Wildman–Crippen LogP) is 3.76. The van der Waals surface area contributed by atoms with Crippen LogP contribution in [0.5, 0.6) is 0 Å². The van der Waals surface area contributed by atoms with E-state index in [1.54, 1.807) is 0 Å². The van der Waals surface area contributed by atoms with Gasteiger partial charge in [-0.2, -0.15) is 0 Å². The van der Waals surface area contributed by atoms with Crippen molar-refractivity contribution >= 4 is 5.97 Å². The van der Waals surface area contributed by atoms with Crippen LogP contribution >= 0.6 is 0 Å². The van der Waals surface area contributed by atoms with Gasteiger partial charge >= 0.3 is 5.97 Å². The van der Waals surface area contributed by atoms with Gasteiger partial charge in [0.1, 0.15) is 6.10 Å². The normalized spacial score (nSPS) is 23.8. The SMILES string of the molecule is CC(CN1CCCC1)OC(=O)C(c1ccccc1)C1C=CCC1. The second kappa shape index (κ2) is 7.78. The number of rotatable bonds is 6. The number of hydrogen-bond donors (Lipinski definition) is 0. The summed E-state index contributed by atoms with van der Waals surface area (Å²) >= 11 is 0. The molecule has 3 heteroatoms. The Hall–Kier alpha value is -1.61. The van der Waals surface area contributed by atoms with E-state index in [9.17, 15) is 4.79 Å². The van der Waals surface area contributed by atoms with Gasteiger partial charge < -0.3 is 4.74 Å². The van der Waals surface area contributed by atoms with E-state index in [0.29, 0.717) is 0 Å². The summed E-state index contributed by atoms with van der Waals surface area (Å²) in [5.41, 5.74) is 1.07. The van der Waals surface area contributed by atoms with E-state index in [0.717, 1.165) is 38.0 Å². The van der Waals surface area contributed by atoms with Gasteiger partial charge in [-0.15, -0.1) is 0 Å². The lowest BCUT2D eigenvalue weighted by Gasteiger charge is -2.25. The van der Waals surface area contributed by atoms with Gasteiger partial charge in [-0.3, -0.25) is 9.69 Å². The van der Waals surface area contributed by atoms with Crippen LogP contribution in [-0.2, 0) is 9.53 Å². The van der Waals surface area contributed by atoms with Crippen LogP contribution in [0.2, 0.25) is 0 Å².